The first-order valence-electron chi connectivity index (χ1n) is 3.49. The van der Waals surface area contributed by atoms with Crippen LogP contribution in [0.15, 0.2) is 36.6 Å². The Labute approximate surface area is 62.4 Å². The van der Waals surface area contributed by atoms with Crippen molar-refractivity contribution in [2.24, 2.45) is 0 Å². The lowest BCUT2D eigenvalue weighted by Gasteiger charge is -1.82. The summed E-state index contributed by atoms with van der Waals surface area (Å²) in [6, 6.07) is 0. The fraction of sp³-hybridized carbons (Fsp3) is 0.333. The lowest BCUT2D eigenvalue weighted by atomic mass is 10.3. The van der Waals surface area contributed by atoms with Gasteiger partial charge in [-0.1, -0.05) is 24.3 Å². The van der Waals surface area contributed by atoms with Crippen molar-refractivity contribution in [1.82, 2.24) is 0 Å². The Morgan fingerprint density at radius 1 is 1.10 bits per heavy atom. The molecule has 0 rings (SSSR count). The first-order chi connectivity index (χ1) is 4.91. The molecule has 0 aromatic heterocycles. The maximum absolute atomic E-state index is 8.22. The zero-order valence-corrected chi connectivity index (χ0v) is 6.33. The van der Waals surface area contributed by atoms with Crippen LogP contribution in [-0.4, -0.2) is 5.11 Å². The Bertz CT molecular complexity index is 132. The molecule has 0 radical (unpaired) electrons. The summed E-state index contributed by atoms with van der Waals surface area (Å²) >= 11 is 0. The summed E-state index contributed by atoms with van der Waals surface area (Å²) in [6.45, 7) is 2.01. The molecule has 0 aromatic carbocycles. The van der Waals surface area contributed by atoms with Gasteiger partial charge >= 0.3 is 0 Å². The molecule has 0 unspecified atom stereocenters. The minimum Gasteiger partial charge on any atom is -0.516 e. The molecule has 0 saturated carbocycles. The molecule has 56 valence electrons. The van der Waals surface area contributed by atoms with Crippen LogP contribution in [0.2, 0.25) is 0 Å². The maximum atomic E-state index is 8.22. The highest BCUT2D eigenvalue weighted by Gasteiger charge is 1.72. The Balaban J connectivity index is 3.18. The number of aliphatic hydroxyl groups excluding tert-OH is 1. The lowest BCUT2D eigenvalue weighted by Crippen LogP contribution is -1.62. The number of hydrogen-bond donors (Lipinski definition) is 1. The molecule has 10 heavy (non-hydrogen) atoms. The van der Waals surface area contributed by atoms with E-state index >= 15 is 0 Å². The first kappa shape index (κ1) is 9.02. The number of unbranched alkanes of at least 4 members (excludes halogenated alkanes) is 1. The molecule has 1 heteroatoms. The van der Waals surface area contributed by atoms with Gasteiger partial charge in [0.15, 0.2) is 0 Å². The summed E-state index contributed by atoms with van der Waals surface area (Å²) in [5.74, 6) is 0. The van der Waals surface area contributed by atoms with Crippen LogP contribution < -0.4 is 0 Å². The Hall–Kier alpha value is -0.980. The summed E-state index contributed by atoms with van der Waals surface area (Å²) in [5.41, 5.74) is 0. The Kier molecular flexibility index (Phi) is 7.23. The SMILES string of the molecule is C/C=C/CC/C=C/C=C/O. The van der Waals surface area contributed by atoms with Crippen molar-refractivity contribution in [3.63, 3.8) is 0 Å². The third-order valence-electron chi connectivity index (χ3n) is 1.07. The monoisotopic (exact) mass is 138 g/mol. The van der Waals surface area contributed by atoms with Gasteiger partial charge < -0.3 is 5.11 Å². The van der Waals surface area contributed by atoms with Crippen molar-refractivity contribution in [3.8, 4) is 0 Å². The predicted octanol–water partition coefficient (Wildman–Crippen LogP) is 2.97. The van der Waals surface area contributed by atoms with E-state index in [0.717, 1.165) is 19.1 Å². The second kappa shape index (κ2) is 8.02. The molecule has 1 N–H and O–H groups in total. The van der Waals surface area contributed by atoms with E-state index in [-0.39, 0.29) is 0 Å². The molecule has 0 saturated heterocycles. The zero-order valence-electron chi connectivity index (χ0n) is 6.33. The van der Waals surface area contributed by atoms with Crippen LogP contribution in [0.1, 0.15) is 19.8 Å². The van der Waals surface area contributed by atoms with E-state index in [2.05, 4.69) is 6.08 Å². The van der Waals surface area contributed by atoms with Gasteiger partial charge in [0.1, 0.15) is 0 Å². The van der Waals surface area contributed by atoms with E-state index in [1.165, 1.54) is 0 Å². The second-order valence-electron chi connectivity index (χ2n) is 1.92. The van der Waals surface area contributed by atoms with Gasteiger partial charge in [0.2, 0.25) is 0 Å². The van der Waals surface area contributed by atoms with Gasteiger partial charge in [0.05, 0.1) is 6.26 Å². The van der Waals surface area contributed by atoms with Gasteiger partial charge in [-0.3, -0.25) is 0 Å². The van der Waals surface area contributed by atoms with E-state index < -0.39 is 0 Å². The summed E-state index contributed by atoms with van der Waals surface area (Å²) < 4.78 is 0. The molecule has 0 spiro atoms. The highest BCUT2D eigenvalue weighted by atomic mass is 16.2. The molecule has 0 atom stereocenters. The highest BCUT2D eigenvalue weighted by Crippen LogP contribution is 1.92. The average molecular weight is 138 g/mol. The van der Waals surface area contributed by atoms with E-state index in [0.29, 0.717) is 0 Å². The van der Waals surface area contributed by atoms with Crippen LogP contribution in [0.5, 0.6) is 0 Å². The fourth-order valence-corrected chi connectivity index (χ4v) is 0.584. The fourth-order valence-electron chi connectivity index (χ4n) is 0.584. The summed E-state index contributed by atoms with van der Waals surface area (Å²) in [5, 5.41) is 8.22. The summed E-state index contributed by atoms with van der Waals surface area (Å²) in [4.78, 5) is 0. The van der Waals surface area contributed by atoms with Crippen molar-refractivity contribution >= 4 is 0 Å². The first-order valence-corrected chi connectivity index (χ1v) is 3.49. The molecule has 0 amide bonds. The Morgan fingerprint density at radius 3 is 2.40 bits per heavy atom. The van der Waals surface area contributed by atoms with Gasteiger partial charge in [0.25, 0.3) is 0 Å². The maximum Gasteiger partial charge on any atom is 0.0791 e. The van der Waals surface area contributed by atoms with Gasteiger partial charge in [-0.25, -0.2) is 0 Å². The van der Waals surface area contributed by atoms with Gasteiger partial charge in [-0.2, -0.15) is 0 Å². The quantitative estimate of drug-likeness (QED) is 0.274. The van der Waals surface area contributed by atoms with Crippen LogP contribution in [0.25, 0.3) is 0 Å². The van der Waals surface area contributed by atoms with E-state index in [9.17, 15) is 0 Å². The molecule has 0 aliphatic heterocycles. The van der Waals surface area contributed by atoms with Crippen molar-refractivity contribution < 1.29 is 5.11 Å². The van der Waals surface area contributed by atoms with Gasteiger partial charge in [-0.15, -0.1) is 0 Å². The third kappa shape index (κ3) is 7.02. The normalized spacial score (nSPS) is 12.5. The standard InChI is InChI=1S/C9H14O/c1-2-3-4-5-6-7-8-9-10/h2-3,6-10H,4-5H2,1H3/b3-2+,7-6+,9-8+. The minimum absolute atomic E-state index is 1.03. The molecule has 0 heterocycles. The van der Waals surface area contributed by atoms with Crippen molar-refractivity contribution in [1.29, 1.82) is 0 Å². The van der Waals surface area contributed by atoms with E-state index in [1.54, 1.807) is 6.08 Å². The molecule has 0 aliphatic rings. The van der Waals surface area contributed by atoms with Crippen molar-refractivity contribution in [2.45, 2.75) is 19.8 Å². The number of allylic oxidation sites excluding steroid dienone is 5. The topological polar surface area (TPSA) is 20.2 Å². The van der Waals surface area contributed by atoms with Gasteiger partial charge in [0, 0.05) is 0 Å². The molecule has 0 bridgehead atoms. The van der Waals surface area contributed by atoms with Gasteiger partial charge in [-0.05, 0) is 25.8 Å². The molecular formula is C9H14O. The second-order valence-corrected chi connectivity index (χ2v) is 1.92. The van der Waals surface area contributed by atoms with E-state index in [1.807, 2.05) is 25.2 Å². The molecule has 0 aromatic rings. The van der Waals surface area contributed by atoms with Crippen LogP contribution in [0, 0.1) is 0 Å². The van der Waals surface area contributed by atoms with E-state index in [4.69, 9.17) is 5.11 Å². The molecule has 0 fully saturated rings. The summed E-state index contributed by atoms with van der Waals surface area (Å²) in [6.07, 6.45) is 12.8. The van der Waals surface area contributed by atoms with Crippen LogP contribution >= 0.6 is 0 Å². The molecule has 0 aliphatic carbocycles. The highest BCUT2D eigenvalue weighted by molar-refractivity contribution is 4.99. The minimum atomic E-state index is 1.03. The summed E-state index contributed by atoms with van der Waals surface area (Å²) in [7, 11) is 0. The van der Waals surface area contributed by atoms with Crippen LogP contribution in [0.3, 0.4) is 0 Å². The lowest BCUT2D eigenvalue weighted by molar-refractivity contribution is 0.473. The third-order valence-corrected chi connectivity index (χ3v) is 1.07. The Morgan fingerprint density at radius 2 is 1.80 bits per heavy atom. The van der Waals surface area contributed by atoms with Crippen molar-refractivity contribution in [3.05, 3.63) is 36.6 Å². The molecule has 1 nitrogen and oxygen atoms in total. The average Bonchev–Trinajstić information content (AvgIpc) is 1.97. The largest absolute Gasteiger partial charge is 0.516 e. The predicted molar refractivity (Wildman–Crippen MR) is 45.0 cm³/mol. The number of aliphatic hydroxyl groups is 1. The smallest absolute Gasteiger partial charge is 0.0791 e. The zero-order chi connectivity index (χ0) is 7.66. The number of rotatable bonds is 4. The molecular weight excluding hydrogens is 124 g/mol. The van der Waals surface area contributed by atoms with Crippen LogP contribution in [0.4, 0.5) is 0 Å². The van der Waals surface area contributed by atoms with Crippen LogP contribution in [-0.2, 0) is 0 Å². The number of hydrogen-bond acceptors (Lipinski definition) is 1. The van der Waals surface area contributed by atoms with Crippen molar-refractivity contribution in [2.75, 3.05) is 0 Å².